The Labute approximate surface area is 169 Å². The zero-order chi connectivity index (χ0) is 20.3. The molecular weight excluding hydrogens is 404 g/mol. The van der Waals surface area contributed by atoms with E-state index in [0.717, 1.165) is 17.6 Å². The lowest BCUT2D eigenvalue weighted by atomic mass is 10.2. The zero-order valence-corrected chi connectivity index (χ0v) is 17.1. The van der Waals surface area contributed by atoms with Crippen molar-refractivity contribution in [2.45, 2.75) is 19.1 Å². The van der Waals surface area contributed by atoms with Gasteiger partial charge in [-0.2, -0.15) is 0 Å². The molecule has 7 nitrogen and oxygen atoms in total. The molecule has 1 aliphatic rings. The van der Waals surface area contributed by atoms with Gasteiger partial charge in [-0.25, -0.2) is 8.42 Å². The summed E-state index contributed by atoms with van der Waals surface area (Å²) < 4.78 is 36.5. The van der Waals surface area contributed by atoms with Crippen LogP contribution in [-0.4, -0.2) is 40.3 Å². The smallest absolute Gasteiger partial charge is 0.261 e. The average Bonchev–Trinajstić information content (AvgIpc) is 2.85. The van der Waals surface area contributed by atoms with Crippen LogP contribution in [0.3, 0.4) is 0 Å². The number of carbonyl (C=O) groups excluding carboxylic acids is 1. The number of nitrogens with one attached hydrogen (secondary N) is 1. The number of benzene rings is 2. The molecule has 0 aromatic heterocycles. The second-order valence-electron chi connectivity index (χ2n) is 6.41. The van der Waals surface area contributed by atoms with Gasteiger partial charge in [0.05, 0.1) is 19.1 Å². The first-order valence-electron chi connectivity index (χ1n) is 8.62. The number of nitrogens with zero attached hydrogens (tertiary/aromatic N) is 1. The van der Waals surface area contributed by atoms with E-state index in [1.165, 1.54) is 10.4 Å². The third-order valence-corrected chi connectivity index (χ3v) is 5.79. The molecule has 0 bridgehead atoms. The Hall–Kier alpha value is -2.45. The van der Waals surface area contributed by atoms with Gasteiger partial charge < -0.3 is 14.8 Å². The van der Waals surface area contributed by atoms with Gasteiger partial charge in [-0.3, -0.25) is 9.10 Å². The van der Waals surface area contributed by atoms with Crippen LogP contribution in [0, 0.1) is 0 Å². The fraction of sp³-hybridized carbons (Fsp3) is 0.316. The van der Waals surface area contributed by atoms with Gasteiger partial charge in [0, 0.05) is 24.5 Å². The normalized spacial score (nSPS) is 16.5. The average molecular weight is 425 g/mol. The maximum atomic E-state index is 12.6. The summed E-state index contributed by atoms with van der Waals surface area (Å²) in [4.78, 5) is 12.6. The number of fused-ring (bicyclic) bond motifs is 1. The number of carbonyl (C=O) groups is 1. The van der Waals surface area contributed by atoms with Crippen LogP contribution in [0.5, 0.6) is 11.5 Å². The van der Waals surface area contributed by atoms with E-state index >= 15 is 0 Å². The molecule has 0 aliphatic carbocycles. The first kappa shape index (κ1) is 20.3. The Morgan fingerprint density at radius 2 is 2.00 bits per heavy atom. The predicted molar refractivity (Wildman–Crippen MR) is 108 cm³/mol. The quantitative estimate of drug-likeness (QED) is 0.797. The Bertz CT molecular complexity index is 963. The second kappa shape index (κ2) is 8.28. The molecule has 150 valence electrons. The third kappa shape index (κ3) is 4.69. The molecule has 1 heterocycles. The van der Waals surface area contributed by atoms with E-state index < -0.39 is 16.1 Å². The molecule has 9 heteroatoms. The molecule has 2 aromatic rings. The lowest BCUT2D eigenvalue weighted by Gasteiger charge is -2.21. The largest absolute Gasteiger partial charge is 0.497 e. The Balaban J connectivity index is 1.74. The summed E-state index contributed by atoms with van der Waals surface area (Å²) in [5, 5.41) is 3.22. The van der Waals surface area contributed by atoms with Crippen molar-refractivity contribution in [1.82, 2.24) is 5.32 Å². The van der Waals surface area contributed by atoms with E-state index in [2.05, 4.69) is 5.32 Å². The van der Waals surface area contributed by atoms with Crippen molar-refractivity contribution in [3.8, 4) is 11.5 Å². The van der Waals surface area contributed by atoms with Gasteiger partial charge >= 0.3 is 0 Å². The first-order chi connectivity index (χ1) is 13.3. The monoisotopic (exact) mass is 424 g/mol. The third-order valence-electron chi connectivity index (χ3n) is 4.37. The fourth-order valence-electron chi connectivity index (χ4n) is 2.93. The second-order valence-corrected chi connectivity index (χ2v) is 8.75. The van der Waals surface area contributed by atoms with E-state index in [0.29, 0.717) is 23.0 Å². The Morgan fingerprint density at radius 1 is 1.29 bits per heavy atom. The number of sulfonamides is 1. The number of ether oxygens (including phenoxy) is 2. The lowest BCUT2D eigenvalue weighted by Crippen LogP contribution is -2.39. The lowest BCUT2D eigenvalue weighted by molar-refractivity contribution is -0.128. The van der Waals surface area contributed by atoms with Gasteiger partial charge in [0.1, 0.15) is 11.5 Å². The molecule has 2 aromatic carbocycles. The number of methoxy groups -OCH3 is 1. The maximum Gasteiger partial charge on any atom is 0.261 e. The Kier molecular flexibility index (Phi) is 6.00. The van der Waals surface area contributed by atoms with Gasteiger partial charge in [0.2, 0.25) is 10.0 Å². The van der Waals surface area contributed by atoms with Crippen molar-refractivity contribution in [3.63, 3.8) is 0 Å². The number of rotatable bonds is 5. The number of hydrogen-bond donors (Lipinski definition) is 1. The molecule has 28 heavy (non-hydrogen) atoms. The van der Waals surface area contributed by atoms with Gasteiger partial charge in [-0.1, -0.05) is 23.7 Å². The number of anilines is 1. The van der Waals surface area contributed by atoms with E-state index in [4.69, 9.17) is 21.1 Å². The molecule has 0 radical (unpaired) electrons. The minimum absolute atomic E-state index is 0.118. The summed E-state index contributed by atoms with van der Waals surface area (Å²) in [5.74, 6) is 0.724. The standard InChI is InChI=1S/C19H21ClN2O5S/c1-26-15-6-3-13(4-7-15)12-21-19(23)18-9-10-22(28(2,24)25)16-11-14(20)5-8-17(16)27-18/h3-8,11,18H,9-10,12H2,1-2H3,(H,21,23)/t18-/m0/s1. The molecule has 3 rings (SSSR count). The Morgan fingerprint density at radius 3 is 2.64 bits per heavy atom. The molecule has 1 aliphatic heterocycles. The number of amides is 1. The van der Waals surface area contributed by atoms with Crippen molar-refractivity contribution < 1.29 is 22.7 Å². The molecule has 1 amide bonds. The molecule has 0 unspecified atom stereocenters. The number of hydrogen-bond acceptors (Lipinski definition) is 5. The van der Waals surface area contributed by atoms with Crippen LogP contribution in [0.1, 0.15) is 12.0 Å². The highest BCUT2D eigenvalue weighted by molar-refractivity contribution is 7.92. The molecule has 0 spiro atoms. The van der Waals surface area contributed by atoms with Gasteiger partial charge in [-0.15, -0.1) is 0 Å². The highest BCUT2D eigenvalue weighted by Gasteiger charge is 2.31. The predicted octanol–water partition coefficient (Wildman–Crippen LogP) is 2.58. The van der Waals surface area contributed by atoms with Crippen LogP contribution >= 0.6 is 11.6 Å². The van der Waals surface area contributed by atoms with Crippen molar-refractivity contribution in [2.75, 3.05) is 24.2 Å². The van der Waals surface area contributed by atoms with Crippen LogP contribution in [0.4, 0.5) is 5.69 Å². The summed E-state index contributed by atoms with van der Waals surface area (Å²) in [6.45, 7) is 0.443. The topological polar surface area (TPSA) is 84.9 Å². The van der Waals surface area contributed by atoms with E-state index in [9.17, 15) is 13.2 Å². The number of halogens is 1. The van der Waals surface area contributed by atoms with E-state index in [-0.39, 0.29) is 18.9 Å². The first-order valence-corrected chi connectivity index (χ1v) is 10.8. The van der Waals surface area contributed by atoms with E-state index in [1.807, 2.05) is 24.3 Å². The van der Waals surface area contributed by atoms with Crippen LogP contribution < -0.4 is 19.1 Å². The minimum Gasteiger partial charge on any atom is -0.497 e. The molecule has 1 atom stereocenters. The van der Waals surface area contributed by atoms with Crippen molar-refractivity contribution in [1.29, 1.82) is 0 Å². The van der Waals surface area contributed by atoms with Crippen LogP contribution in [-0.2, 0) is 21.4 Å². The summed E-state index contributed by atoms with van der Waals surface area (Å²) in [5.41, 5.74) is 1.24. The van der Waals surface area contributed by atoms with Gasteiger partial charge in [0.25, 0.3) is 5.91 Å². The van der Waals surface area contributed by atoms with E-state index in [1.54, 1.807) is 19.2 Å². The van der Waals surface area contributed by atoms with Crippen LogP contribution in [0.15, 0.2) is 42.5 Å². The van der Waals surface area contributed by atoms with Crippen LogP contribution in [0.25, 0.3) is 0 Å². The molecule has 1 N–H and O–H groups in total. The van der Waals surface area contributed by atoms with Crippen molar-refractivity contribution >= 4 is 33.2 Å². The summed E-state index contributed by atoms with van der Waals surface area (Å²) >= 11 is 6.02. The van der Waals surface area contributed by atoms with Crippen molar-refractivity contribution in [2.24, 2.45) is 0 Å². The summed E-state index contributed by atoms with van der Waals surface area (Å²) in [6, 6.07) is 12.0. The van der Waals surface area contributed by atoms with Crippen LogP contribution in [0.2, 0.25) is 5.02 Å². The van der Waals surface area contributed by atoms with Gasteiger partial charge in [-0.05, 0) is 35.9 Å². The molecular formula is C19H21ClN2O5S. The summed E-state index contributed by atoms with van der Waals surface area (Å²) in [6.07, 6.45) is 0.514. The highest BCUT2D eigenvalue weighted by Crippen LogP contribution is 2.36. The zero-order valence-electron chi connectivity index (χ0n) is 15.5. The van der Waals surface area contributed by atoms with Gasteiger partial charge in [0.15, 0.2) is 6.10 Å². The maximum absolute atomic E-state index is 12.6. The SMILES string of the molecule is COc1ccc(CNC(=O)[C@@H]2CCN(S(C)(=O)=O)c3cc(Cl)ccc3O2)cc1. The molecule has 0 fully saturated rings. The molecule has 0 saturated heterocycles. The highest BCUT2D eigenvalue weighted by atomic mass is 35.5. The minimum atomic E-state index is -3.54. The molecule has 0 saturated carbocycles. The fourth-order valence-corrected chi connectivity index (χ4v) is 4.03. The van der Waals surface area contributed by atoms with Crippen molar-refractivity contribution in [3.05, 3.63) is 53.1 Å². The summed E-state index contributed by atoms with van der Waals surface area (Å²) in [7, 11) is -1.95.